The molecule has 2 aromatic rings. The van der Waals surface area contributed by atoms with Gasteiger partial charge in [0.25, 0.3) is 0 Å². The molecular weight excluding hydrogens is 337 g/mol. The van der Waals surface area contributed by atoms with Crippen LogP contribution in [-0.4, -0.2) is 9.78 Å². The molecule has 0 amide bonds. The van der Waals surface area contributed by atoms with Crippen LogP contribution in [0.1, 0.15) is 17.0 Å². The number of hydrogen-bond donors (Lipinski definition) is 0. The monoisotopic (exact) mass is 348 g/mol. The highest BCUT2D eigenvalue weighted by molar-refractivity contribution is 9.10. The molecule has 0 saturated carbocycles. The molecule has 0 saturated heterocycles. The summed E-state index contributed by atoms with van der Waals surface area (Å²) in [4.78, 5) is 0. The Kier molecular flexibility index (Phi) is 4.08. The van der Waals surface area contributed by atoms with Gasteiger partial charge in [0.05, 0.1) is 21.4 Å². The van der Waals surface area contributed by atoms with Crippen molar-refractivity contribution in [3.8, 4) is 5.75 Å². The number of hydrogen-bond acceptors (Lipinski definition) is 2. The zero-order valence-electron chi connectivity index (χ0n) is 10.8. The van der Waals surface area contributed by atoms with Crippen LogP contribution in [0.15, 0.2) is 28.7 Å². The van der Waals surface area contributed by atoms with Gasteiger partial charge in [-0.05, 0) is 41.1 Å². The molecule has 0 spiro atoms. The van der Waals surface area contributed by atoms with Crippen LogP contribution < -0.4 is 4.74 Å². The summed E-state index contributed by atoms with van der Waals surface area (Å²) in [5, 5.41) is 4.19. The lowest BCUT2D eigenvalue weighted by molar-refractivity contribution is -0.137. The second kappa shape index (κ2) is 5.47. The molecule has 0 N–H and O–H groups in total. The fraction of sp³-hybridized carbons (Fsp3) is 0.308. The Bertz CT molecular complexity index is 623. The minimum absolute atomic E-state index is 0.138. The third kappa shape index (κ3) is 3.15. The van der Waals surface area contributed by atoms with E-state index in [2.05, 4.69) is 21.0 Å². The average molecular weight is 349 g/mol. The van der Waals surface area contributed by atoms with Crippen molar-refractivity contribution in [2.24, 2.45) is 7.05 Å². The van der Waals surface area contributed by atoms with Gasteiger partial charge in [-0.1, -0.05) is 6.07 Å². The summed E-state index contributed by atoms with van der Waals surface area (Å²) in [6, 6.07) is 4.81. The Balaban J connectivity index is 2.15. The van der Waals surface area contributed by atoms with Gasteiger partial charge in [-0.3, -0.25) is 4.68 Å². The molecule has 2 rings (SSSR count). The predicted octanol–water partition coefficient (Wildman–Crippen LogP) is 4.09. The van der Waals surface area contributed by atoms with E-state index in [1.807, 2.05) is 6.92 Å². The third-order valence-corrected chi connectivity index (χ3v) is 3.83. The molecule has 0 aliphatic carbocycles. The normalized spacial score (nSPS) is 11.7. The van der Waals surface area contributed by atoms with Gasteiger partial charge in [0, 0.05) is 7.05 Å². The number of halogens is 4. The molecule has 20 heavy (non-hydrogen) atoms. The largest absolute Gasteiger partial charge is 0.487 e. The molecule has 3 nitrogen and oxygen atoms in total. The minimum atomic E-state index is -4.37. The van der Waals surface area contributed by atoms with Crippen molar-refractivity contribution in [1.29, 1.82) is 0 Å². The lowest BCUT2D eigenvalue weighted by Crippen LogP contribution is -2.06. The van der Waals surface area contributed by atoms with E-state index < -0.39 is 11.7 Å². The lowest BCUT2D eigenvalue weighted by atomic mass is 10.2. The molecule has 0 unspecified atom stereocenters. The molecule has 0 fully saturated rings. The predicted molar refractivity (Wildman–Crippen MR) is 71.4 cm³/mol. The topological polar surface area (TPSA) is 27.1 Å². The summed E-state index contributed by atoms with van der Waals surface area (Å²) in [7, 11) is 1.75. The highest BCUT2D eigenvalue weighted by atomic mass is 79.9. The number of nitrogens with zero attached hydrogens (tertiary/aromatic N) is 2. The van der Waals surface area contributed by atoms with Crippen molar-refractivity contribution in [1.82, 2.24) is 9.78 Å². The maximum absolute atomic E-state index is 12.6. The number of benzene rings is 1. The summed E-state index contributed by atoms with van der Waals surface area (Å²) < 4.78 is 45.6. The van der Waals surface area contributed by atoms with Crippen LogP contribution >= 0.6 is 15.9 Å². The highest BCUT2D eigenvalue weighted by Crippen LogP contribution is 2.31. The van der Waals surface area contributed by atoms with Gasteiger partial charge in [-0.15, -0.1) is 0 Å². The molecular formula is C13H12BrF3N2O. The van der Waals surface area contributed by atoms with Gasteiger partial charge in [-0.25, -0.2) is 0 Å². The fourth-order valence-corrected chi connectivity index (χ4v) is 2.20. The quantitative estimate of drug-likeness (QED) is 0.835. The molecule has 1 heterocycles. The maximum atomic E-state index is 12.6. The molecule has 7 heteroatoms. The number of aromatic nitrogens is 2. The van der Waals surface area contributed by atoms with Crippen LogP contribution in [0.2, 0.25) is 0 Å². The van der Waals surface area contributed by atoms with Crippen LogP contribution in [0.5, 0.6) is 5.75 Å². The van der Waals surface area contributed by atoms with Crippen LogP contribution in [0.3, 0.4) is 0 Å². The molecule has 108 valence electrons. The maximum Gasteiger partial charge on any atom is 0.416 e. The third-order valence-electron chi connectivity index (χ3n) is 2.80. The number of alkyl halides is 3. The van der Waals surface area contributed by atoms with E-state index in [1.54, 1.807) is 11.7 Å². The molecule has 0 radical (unpaired) electrons. The fourth-order valence-electron chi connectivity index (χ4n) is 1.75. The number of aryl methyl sites for hydroxylation is 2. The van der Waals surface area contributed by atoms with Crippen LogP contribution in [0.4, 0.5) is 13.2 Å². The molecule has 1 aromatic heterocycles. The van der Waals surface area contributed by atoms with Crippen LogP contribution in [0.25, 0.3) is 0 Å². The minimum Gasteiger partial charge on any atom is -0.487 e. The number of ether oxygens (including phenoxy) is 1. The van der Waals surface area contributed by atoms with Crippen LogP contribution in [0, 0.1) is 6.92 Å². The SMILES string of the molecule is Cc1nn(C)c(COc2cccc(C(F)(F)F)c2)c1Br. The molecule has 0 atom stereocenters. The van der Waals surface area contributed by atoms with E-state index in [0.29, 0.717) is 0 Å². The van der Waals surface area contributed by atoms with E-state index in [-0.39, 0.29) is 12.4 Å². The Labute approximate surface area is 122 Å². The van der Waals surface area contributed by atoms with E-state index in [4.69, 9.17) is 4.74 Å². The lowest BCUT2D eigenvalue weighted by Gasteiger charge is -2.10. The Morgan fingerprint density at radius 3 is 2.60 bits per heavy atom. The van der Waals surface area contributed by atoms with E-state index in [9.17, 15) is 13.2 Å². The van der Waals surface area contributed by atoms with Gasteiger partial charge >= 0.3 is 6.18 Å². The first kappa shape index (κ1) is 14.9. The van der Waals surface area contributed by atoms with E-state index >= 15 is 0 Å². The molecule has 1 aromatic carbocycles. The molecule has 0 aliphatic heterocycles. The molecule has 0 aliphatic rings. The van der Waals surface area contributed by atoms with Crippen molar-refractivity contribution in [3.05, 3.63) is 45.7 Å². The second-order valence-corrected chi connectivity index (χ2v) is 5.08. The Hall–Kier alpha value is -1.50. The first-order chi connectivity index (χ1) is 9.29. The van der Waals surface area contributed by atoms with Gasteiger partial charge in [0.1, 0.15) is 12.4 Å². The summed E-state index contributed by atoms with van der Waals surface area (Å²) in [5.74, 6) is 0.172. The summed E-state index contributed by atoms with van der Waals surface area (Å²) >= 11 is 3.38. The van der Waals surface area contributed by atoms with Gasteiger partial charge in [0.15, 0.2) is 0 Å². The highest BCUT2D eigenvalue weighted by Gasteiger charge is 2.30. The Morgan fingerprint density at radius 1 is 1.35 bits per heavy atom. The summed E-state index contributed by atoms with van der Waals surface area (Å²) in [6.45, 7) is 1.97. The van der Waals surface area contributed by atoms with Crippen molar-refractivity contribution in [2.75, 3.05) is 0 Å². The van der Waals surface area contributed by atoms with Crippen molar-refractivity contribution >= 4 is 15.9 Å². The van der Waals surface area contributed by atoms with Crippen molar-refractivity contribution < 1.29 is 17.9 Å². The first-order valence-electron chi connectivity index (χ1n) is 5.77. The molecule has 0 bridgehead atoms. The van der Waals surface area contributed by atoms with E-state index in [0.717, 1.165) is 28.0 Å². The van der Waals surface area contributed by atoms with Crippen molar-refractivity contribution in [3.63, 3.8) is 0 Å². The second-order valence-electron chi connectivity index (χ2n) is 4.28. The summed E-state index contributed by atoms with van der Waals surface area (Å²) in [5.41, 5.74) is 0.838. The van der Waals surface area contributed by atoms with E-state index in [1.165, 1.54) is 12.1 Å². The first-order valence-corrected chi connectivity index (χ1v) is 6.56. The van der Waals surface area contributed by atoms with Gasteiger partial charge < -0.3 is 4.74 Å². The van der Waals surface area contributed by atoms with Gasteiger partial charge in [-0.2, -0.15) is 18.3 Å². The van der Waals surface area contributed by atoms with Crippen LogP contribution in [-0.2, 0) is 19.8 Å². The zero-order valence-corrected chi connectivity index (χ0v) is 12.4. The number of rotatable bonds is 3. The smallest absolute Gasteiger partial charge is 0.416 e. The zero-order chi connectivity index (χ0) is 14.9. The standard InChI is InChI=1S/C13H12BrF3N2O/c1-8-12(14)11(19(2)18-8)7-20-10-5-3-4-9(6-10)13(15,16)17/h3-6H,7H2,1-2H3. The van der Waals surface area contributed by atoms with Crippen molar-refractivity contribution in [2.45, 2.75) is 19.7 Å². The van der Waals surface area contributed by atoms with Gasteiger partial charge in [0.2, 0.25) is 0 Å². The summed E-state index contributed by atoms with van der Waals surface area (Å²) in [6.07, 6.45) is -4.37. The Morgan fingerprint density at radius 2 is 2.05 bits per heavy atom. The average Bonchev–Trinajstić information content (AvgIpc) is 2.61.